The number of hydrogen-bond acceptors (Lipinski definition) is 11. The zero-order valence-corrected chi connectivity index (χ0v) is 20.1. The Hall–Kier alpha value is -3.13. The lowest BCUT2D eigenvalue weighted by atomic mass is 10.0. The van der Waals surface area contributed by atoms with E-state index < -0.39 is 53.9 Å². The van der Waals surface area contributed by atoms with Gasteiger partial charge in [0.2, 0.25) is 11.8 Å². The normalized spacial score (nSPS) is 25.3. The number of aryl methyl sites for hydroxylation is 1. The number of methoxy groups -OCH3 is 1. The highest BCUT2D eigenvalue weighted by atomic mass is 16.6. The zero-order valence-electron chi connectivity index (χ0n) is 20.1. The van der Waals surface area contributed by atoms with Gasteiger partial charge in [-0.3, -0.25) is 14.4 Å². The van der Waals surface area contributed by atoms with E-state index in [0.29, 0.717) is 5.82 Å². The van der Waals surface area contributed by atoms with Crippen molar-refractivity contribution < 1.29 is 33.4 Å². The monoisotopic (exact) mass is 483 g/mol. The quantitative estimate of drug-likeness (QED) is 0.412. The highest BCUT2D eigenvalue weighted by Crippen LogP contribution is 2.14. The summed E-state index contributed by atoms with van der Waals surface area (Å²) >= 11 is 0. The molecule has 0 saturated carbocycles. The van der Waals surface area contributed by atoms with Crippen LogP contribution >= 0.6 is 0 Å². The fourth-order valence-corrected chi connectivity index (χ4v) is 3.23. The van der Waals surface area contributed by atoms with Crippen LogP contribution in [0.2, 0.25) is 0 Å². The van der Waals surface area contributed by atoms with E-state index in [0.717, 1.165) is 7.11 Å². The molecule has 2 heterocycles. The van der Waals surface area contributed by atoms with Gasteiger partial charge in [0.05, 0.1) is 26.2 Å². The topological polar surface area (TPSA) is 190 Å². The van der Waals surface area contributed by atoms with Gasteiger partial charge < -0.3 is 30.6 Å². The van der Waals surface area contributed by atoms with Crippen molar-refractivity contribution in [1.82, 2.24) is 30.8 Å². The number of nitrogens with one attached hydrogen (secondary N) is 2. The SMILES string of the molecule is COC(=O)[C@@H]1CC(=O)OC(C)(C)COCn2nnnc2CC[C@H](N)C(=O)N[C@@H](C(C)C)C(=O)N1. The van der Waals surface area contributed by atoms with Gasteiger partial charge in [0, 0.05) is 6.42 Å². The summed E-state index contributed by atoms with van der Waals surface area (Å²) < 4.78 is 17.2. The molecule has 0 aromatic carbocycles. The first-order valence-electron chi connectivity index (χ1n) is 10.9. The average Bonchev–Trinajstić information content (AvgIpc) is 3.20. The van der Waals surface area contributed by atoms with Crippen LogP contribution in [0.3, 0.4) is 0 Å². The molecule has 4 N–H and O–H groups in total. The van der Waals surface area contributed by atoms with Crippen LogP contribution < -0.4 is 16.4 Å². The number of fused-ring (bicyclic) bond motifs is 1. The summed E-state index contributed by atoms with van der Waals surface area (Å²) in [5, 5.41) is 16.5. The van der Waals surface area contributed by atoms with E-state index in [1.165, 1.54) is 4.68 Å². The minimum absolute atomic E-state index is 0.00460. The molecule has 0 spiro atoms. The van der Waals surface area contributed by atoms with Gasteiger partial charge in [0.15, 0.2) is 5.82 Å². The van der Waals surface area contributed by atoms with E-state index in [9.17, 15) is 19.2 Å². The number of nitrogens with two attached hydrogens (primary N) is 1. The summed E-state index contributed by atoms with van der Waals surface area (Å²) in [6, 6.07) is -3.25. The van der Waals surface area contributed by atoms with Crippen LogP contribution in [0.25, 0.3) is 0 Å². The van der Waals surface area contributed by atoms with E-state index in [1.807, 2.05) is 0 Å². The summed E-state index contributed by atoms with van der Waals surface area (Å²) in [7, 11) is 1.14. The number of cyclic esters (lactones) is 1. The van der Waals surface area contributed by atoms with E-state index in [-0.39, 0.29) is 32.1 Å². The van der Waals surface area contributed by atoms with Crippen LogP contribution in [-0.4, -0.2) is 81.4 Å². The lowest BCUT2D eigenvalue weighted by molar-refractivity contribution is -0.166. The van der Waals surface area contributed by atoms with E-state index in [2.05, 4.69) is 26.2 Å². The molecule has 1 aromatic heterocycles. The molecule has 3 atom stereocenters. The molecule has 1 aromatic rings. The van der Waals surface area contributed by atoms with Crippen molar-refractivity contribution in [2.45, 2.75) is 77.4 Å². The van der Waals surface area contributed by atoms with Gasteiger partial charge in [0.25, 0.3) is 0 Å². The Balaban J connectivity index is 2.30. The molecule has 0 unspecified atom stereocenters. The molecule has 0 saturated heterocycles. The maximum absolute atomic E-state index is 12.9. The Morgan fingerprint density at radius 2 is 1.94 bits per heavy atom. The average molecular weight is 484 g/mol. The van der Waals surface area contributed by atoms with Crippen molar-refractivity contribution in [3.05, 3.63) is 5.82 Å². The largest absolute Gasteiger partial charge is 0.467 e. The van der Waals surface area contributed by atoms with Gasteiger partial charge in [-0.1, -0.05) is 13.8 Å². The molecule has 1 aliphatic rings. The maximum Gasteiger partial charge on any atom is 0.328 e. The molecule has 1 aliphatic heterocycles. The maximum atomic E-state index is 12.9. The third-order valence-corrected chi connectivity index (χ3v) is 5.10. The number of ether oxygens (including phenoxy) is 3. The minimum Gasteiger partial charge on any atom is -0.467 e. The van der Waals surface area contributed by atoms with Crippen molar-refractivity contribution >= 4 is 23.8 Å². The number of esters is 2. The third-order valence-electron chi connectivity index (χ3n) is 5.10. The Kier molecular flexibility index (Phi) is 9.44. The van der Waals surface area contributed by atoms with Crippen molar-refractivity contribution in [2.24, 2.45) is 11.7 Å². The lowest BCUT2D eigenvalue weighted by Crippen LogP contribution is -2.56. The standard InChI is InChI=1S/C20H33N7O7/c1-11(2)16-18(30)22-13(19(31)32-5)8-15(28)34-20(3,4)9-33-10-27-14(24-25-26-27)7-6-12(21)17(29)23-16/h11-13,16H,6-10,21H2,1-5H3,(H,22,30)(H,23,29)/t12-,13-,16-/m0/s1. The number of tetrazole rings is 1. The number of nitrogens with zero attached hydrogens (tertiary/aromatic N) is 4. The second kappa shape index (κ2) is 11.8. The summed E-state index contributed by atoms with van der Waals surface area (Å²) in [5.74, 6) is -2.67. The molecule has 0 fully saturated rings. The van der Waals surface area contributed by atoms with Crippen molar-refractivity contribution in [3.8, 4) is 0 Å². The first-order chi connectivity index (χ1) is 15.9. The number of aromatic nitrogens is 4. The summed E-state index contributed by atoms with van der Waals surface area (Å²) in [6.07, 6.45) is 0.0239. The second-order valence-corrected chi connectivity index (χ2v) is 8.97. The first kappa shape index (κ1) is 27.1. The molecule has 0 aliphatic carbocycles. The zero-order chi connectivity index (χ0) is 25.5. The molecule has 14 nitrogen and oxygen atoms in total. The Bertz CT molecular complexity index is 886. The Labute approximate surface area is 197 Å². The predicted octanol–water partition coefficient (Wildman–Crippen LogP) is -1.57. The third kappa shape index (κ3) is 7.73. The number of hydrogen-bond donors (Lipinski definition) is 3. The van der Waals surface area contributed by atoms with Gasteiger partial charge >= 0.3 is 11.9 Å². The fourth-order valence-electron chi connectivity index (χ4n) is 3.23. The van der Waals surface area contributed by atoms with Crippen molar-refractivity contribution in [3.63, 3.8) is 0 Å². The number of amides is 2. The van der Waals surface area contributed by atoms with Crippen molar-refractivity contribution in [2.75, 3.05) is 13.7 Å². The van der Waals surface area contributed by atoms with E-state index in [1.54, 1.807) is 27.7 Å². The van der Waals surface area contributed by atoms with Gasteiger partial charge in [-0.05, 0) is 36.6 Å². The fraction of sp³-hybridized carbons (Fsp3) is 0.750. The number of carbonyl (C=O) groups excluding carboxylic acids is 4. The van der Waals surface area contributed by atoms with Crippen LogP contribution in [0.15, 0.2) is 0 Å². The van der Waals surface area contributed by atoms with Crippen LogP contribution in [0, 0.1) is 5.92 Å². The van der Waals surface area contributed by atoms with E-state index >= 15 is 0 Å². The van der Waals surface area contributed by atoms with Gasteiger partial charge in [-0.2, -0.15) is 0 Å². The van der Waals surface area contributed by atoms with Gasteiger partial charge in [0.1, 0.15) is 24.4 Å². The molecule has 0 bridgehead atoms. The highest BCUT2D eigenvalue weighted by Gasteiger charge is 2.33. The van der Waals surface area contributed by atoms with Crippen LogP contribution in [-0.2, 0) is 46.5 Å². The second-order valence-electron chi connectivity index (χ2n) is 8.97. The molecular formula is C20H33N7O7. The van der Waals surface area contributed by atoms with Crippen LogP contribution in [0.4, 0.5) is 0 Å². The number of rotatable bonds is 2. The first-order valence-corrected chi connectivity index (χ1v) is 10.9. The minimum atomic E-state index is -1.31. The predicted molar refractivity (Wildman–Crippen MR) is 116 cm³/mol. The van der Waals surface area contributed by atoms with Crippen molar-refractivity contribution in [1.29, 1.82) is 0 Å². The van der Waals surface area contributed by atoms with E-state index in [4.69, 9.17) is 19.9 Å². The van der Waals surface area contributed by atoms with Gasteiger partial charge in [-0.15, -0.1) is 5.10 Å². The Morgan fingerprint density at radius 3 is 2.59 bits per heavy atom. The summed E-state index contributed by atoms with van der Waals surface area (Å²) in [4.78, 5) is 50.3. The highest BCUT2D eigenvalue weighted by molar-refractivity contribution is 5.93. The summed E-state index contributed by atoms with van der Waals surface area (Å²) in [6.45, 7) is 6.71. The van der Waals surface area contributed by atoms with Crippen LogP contribution in [0.1, 0.15) is 46.4 Å². The molecule has 0 radical (unpaired) electrons. The number of carbonyl (C=O) groups is 4. The van der Waals surface area contributed by atoms with Crippen LogP contribution in [0.5, 0.6) is 0 Å². The Morgan fingerprint density at radius 1 is 1.24 bits per heavy atom. The molecule has 2 rings (SSSR count). The molecular weight excluding hydrogens is 450 g/mol. The summed E-state index contributed by atoms with van der Waals surface area (Å²) in [5.41, 5.74) is 4.98. The molecule has 34 heavy (non-hydrogen) atoms. The molecule has 190 valence electrons. The molecule has 2 amide bonds. The smallest absolute Gasteiger partial charge is 0.328 e. The molecule has 14 heteroatoms. The lowest BCUT2D eigenvalue weighted by Gasteiger charge is -2.28. The van der Waals surface area contributed by atoms with Gasteiger partial charge in [-0.25, -0.2) is 9.48 Å².